The van der Waals surface area contributed by atoms with Gasteiger partial charge in [-0.2, -0.15) is 0 Å². The van der Waals surface area contributed by atoms with Crippen molar-refractivity contribution in [2.45, 2.75) is 91.9 Å². The van der Waals surface area contributed by atoms with Crippen LogP contribution >= 0.6 is 0 Å². The number of allylic oxidation sites excluding steroid dienone is 1. The molecule has 0 atom stereocenters. The smallest absolute Gasteiger partial charge is 0.321 e. The summed E-state index contributed by atoms with van der Waals surface area (Å²) in [4.78, 5) is 0. The molecule has 0 fully saturated rings. The van der Waals surface area contributed by atoms with Gasteiger partial charge in [-0.15, -0.1) is 0 Å². The van der Waals surface area contributed by atoms with Crippen molar-refractivity contribution < 1.29 is 18.9 Å². The van der Waals surface area contributed by atoms with Crippen molar-refractivity contribution in [1.82, 2.24) is 0 Å². The number of unbranched alkanes of at least 4 members (excludes halogenated alkanes) is 5. The molecular formula is C20H40O4. The van der Waals surface area contributed by atoms with Crippen LogP contribution in [-0.4, -0.2) is 26.6 Å². The van der Waals surface area contributed by atoms with Crippen LogP contribution in [0.5, 0.6) is 0 Å². The van der Waals surface area contributed by atoms with Gasteiger partial charge in [-0.05, 0) is 25.7 Å². The topological polar surface area (TPSA) is 36.9 Å². The molecule has 0 radical (unpaired) electrons. The molecule has 0 unspecified atom stereocenters. The molecule has 0 saturated carbocycles. The lowest BCUT2D eigenvalue weighted by Crippen LogP contribution is -2.10. The van der Waals surface area contributed by atoms with Gasteiger partial charge in [-0.25, -0.2) is 0 Å². The Morgan fingerprint density at radius 2 is 1.17 bits per heavy atom. The molecule has 0 aliphatic carbocycles. The molecule has 0 aromatic heterocycles. The molecule has 0 heterocycles. The standard InChI is InChI=1S/C20H40O4/c1-5-9-13-14-19(22-16-11-7-3)20(23-17-12-8-4)24-18-21-15-10-6-2/h5-18H2,1-4H3/b20-19-. The number of ether oxygens (including phenoxy) is 4. The highest BCUT2D eigenvalue weighted by molar-refractivity contribution is 4.95. The van der Waals surface area contributed by atoms with Crippen molar-refractivity contribution in [2.75, 3.05) is 26.6 Å². The zero-order valence-electron chi connectivity index (χ0n) is 16.5. The minimum Gasteiger partial charge on any atom is -0.491 e. The molecule has 144 valence electrons. The quantitative estimate of drug-likeness (QED) is 0.169. The first-order valence-corrected chi connectivity index (χ1v) is 9.99. The van der Waals surface area contributed by atoms with Crippen LogP contribution in [0.15, 0.2) is 11.7 Å². The Hall–Kier alpha value is -0.900. The lowest BCUT2D eigenvalue weighted by atomic mass is 10.2. The van der Waals surface area contributed by atoms with Crippen molar-refractivity contribution in [1.29, 1.82) is 0 Å². The van der Waals surface area contributed by atoms with E-state index in [0.717, 1.165) is 70.3 Å². The first-order chi connectivity index (χ1) is 11.8. The van der Waals surface area contributed by atoms with E-state index in [1.165, 1.54) is 12.8 Å². The summed E-state index contributed by atoms with van der Waals surface area (Å²) in [6.45, 7) is 11.0. The maximum Gasteiger partial charge on any atom is 0.321 e. The predicted molar refractivity (Wildman–Crippen MR) is 99.7 cm³/mol. The molecule has 24 heavy (non-hydrogen) atoms. The highest BCUT2D eigenvalue weighted by atomic mass is 16.7. The number of hydrogen-bond donors (Lipinski definition) is 0. The van der Waals surface area contributed by atoms with Crippen LogP contribution in [0.3, 0.4) is 0 Å². The normalized spacial score (nSPS) is 12.0. The fourth-order valence-corrected chi connectivity index (χ4v) is 2.02. The number of hydrogen-bond acceptors (Lipinski definition) is 4. The molecule has 0 rings (SSSR count). The first-order valence-electron chi connectivity index (χ1n) is 9.99. The summed E-state index contributed by atoms with van der Waals surface area (Å²) < 4.78 is 23.1. The highest BCUT2D eigenvalue weighted by Crippen LogP contribution is 2.19. The van der Waals surface area contributed by atoms with E-state index in [1.807, 2.05) is 0 Å². The molecule has 4 heteroatoms. The maximum atomic E-state index is 5.97. The minimum absolute atomic E-state index is 0.232. The molecule has 0 amide bonds. The fourth-order valence-electron chi connectivity index (χ4n) is 2.02. The summed E-state index contributed by atoms with van der Waals surface area (Å²) in [7, 11) is 0. The van der Waals surface area contributed by atoms with Crippen LogP contribution in [0.1, 0.15) is 91.9 Å². The zero-order chi connectivity index (χ0) is 17.9. The first kappa shape index (κ1) is 23.1. The summed E-state index contributed by atoms with van der Waals surface area (Å²) in [5.41, 5.74) is 0. The van der Waals surface area contributed by atoms with Crippen LogP contribution in [0, 0.1) is 0 Å². The van der Waals surface area contributed by atoms with Gasteiger partial charge in [0.1, 0.15) is 0 Å². The average Bonchev–Trinajstić information content (AvgIpc) is 2.59. The van der Waals surface area contributed by atoms with Gasteiger partial charge < -0.3 is 18.9 Å². The van der Waals surface area contributed by atoms with E-state index in [9.17, 15) is 0 Å². The Bertz CT molecular complexity index is 277. The summed E-state index contributed by atoms with van der Waals surface area (Å²) in [6.07, 6.45) is 10.8. The lowest BCUT2D eigenvalue weighted by molar-refractivity contribution is -0.0843. The van der Waals surface area contributed by atoms with Gasteiger partial charge in [0, 0.05) is 6.42 Å². The van der Waals surface area contributed by atoms with Crippen molar-refractivity contribution >= 4 is 0 Å². The summed E-state index contributed by atoms with van der Waals surface area (Å²) >= 11 is 0. The summed E-state index contributed by atoms with van der Waals surface area (Å²) in [5.74, 6) is 1.39. The Kier molecular flexibility index (Phi) is 17.7. The van der Waals surface area contributed by atoms with E-state index < -0.39 is 0 Å². The van der Waals surface area contributed by atoms with Crippen LogP contribution < -0.4 is 0 Å². The maximum absolute atomic E-state index is 5.97. The lowest BCUT2D eigenvalue weighted by Gasteiger charge is -2.17. The second kappa shape index (κ2) is 18.4. The third-order valence-corrected chi connectivity index (χ3v) is 3.66. The van der Waals surface area contributed by atoms with Crippen LogP contribution in [-0.2, 0) is 18.9 Å². The molecule has 0 aromatic rings. The van der Waals surface area contributed by atoms with Gasteiger partial charge in [0.05, 0.1) is 19.8 Å². The Labute approximate surface area is 149 Å². The Morgan fingerprint density at radius 3 is 1.79 bits per heavy atom. The molecule has 0 N–H and O–H groups in total. The van der Waals surface area contributed by atoms with Crippen molar-refractivity contribution in [3.05, 3.63) is 11.7 Å². The Balaban J connectivity index is 4.67. The second-order valence-corrected chi connectivity index (χ2v) is 6.10. The van der Waals surface area contributed by atoms with Crippen molar-refractivity contribution in [3.8, 4) is 0 Å². The molecule has 4 nitrogen and oxygen atoms in total. The summed E-state index contributed by atoms with van der Waals surface area (Å²) in [5, 5.41) is 0. The van der Waals surface area contributed by atoms with Crippen molar-refractivity contribution in [3.63, 3.8) is 0 Å². The van der Waals surface area contributed by atoms with Gasteiger partial charge in [0.25, 0.3) is 0 Å². The molecule has 0 spiro atoms. The summed E-state index contributed by atoms with van der Waals surface area (Å²) in [6, 6.07) is 0. The third kappa shape index (κ3) is 13.5. The molecule has 0 saturated heterocycles. The number of rotatable bonds is 18. The monoisotopic (exact) mass is 344 g/mol. The van der Waals surface area contributed by atoms with E-state index in [2.05, 4.69) is 27.7 Å². The van der Waals surface area contributed by atoms with E-state index in [4.69, 9.17) is 18.9 Å². The molecule has 0 aliphatic heterocycles. The zero-order valence-corrected chi connectivity index (χ0v) is 16.5. The van der Waals surface area contributed by atoms with Crippen LogP contribution in [0.25, 0.3) is 0 Å². The Morgan fingerprint density at radius 1 is 0.583 bits per heavy atom. The van der Waals surface area contributed by atoms with Gasteiger partial charge in [-0.1, -0.05) is 59.8 Å². The predicted octanol–water partition coefficient (Wildman–Crippen LogP) is 6.16. The third-order valence-electron chi connectivity index (χ3n) is 3.66. The molecular weight excluding hydrogens is 304 g/mol. The van der Waals surface area contributed by atoms with Gasteiger partial charge in [-0.3, -0.25) is 0 Å². The fraction of sp³-hybridized carbons (Fsp3) is 0.900. The average molecular weight is 345 g/mol. The van der Waals surface area contributed by atoms with E-state index in [-0.39, 0.29) is 6.79 Å². The van der Waals surface area contributed by atoms with Gasteiger partial charge in [0.15, 0.2) is 12.6 Å². The van der Waals surface area contributed by atoms with Crippen molar-refractivity contribution in [2.24, 2.45) is 0 Å². The molecule has 0 bridgehead atoms. The van der Waals surface area contributed by atoms with Gasteiger partial charge in [0.2, 0.25) is 0 Å². The van der Waals surface area contributed by atoms with E-state index >= 15 is 0 Å². The highest BCUT2D eigenvalue weighted by Gasteiger charge is 2.13. The SMILES string of the molecule is CCCCC/C(OCCCC)=C(\OCCCC)OCOCCCC. The second-order valence-electron chi connectivity index (χ2n) is 6.10. The van der Waals surface area contributed by atoms with Gasteiger partial charge >= 0.3 is 5.95 Å². The van der Waals surface area contributed by atoms with E-state index in [0.29, 0.717) is 12.6 Å². The minimum atomic E-state index is 0.232. The van der Waals surface area contributed by atoms with Crippen LogP contribution in [0.2, 0.25) is 0 Å². The van der Waals surface area contributed by atoms with Crippen LogP contribution in [0.4, 0.5) is 0 Å². The molecule has 0 aromatic carbocycles. The molecule has 0 aliphatic rings. The van der Waals surface area contributed by atoms with E-state index in [1.54, 1.807) is 0 Å². The largest absolute Gasteiger partial charge is 0.491 e.